The second-order valence-corrected chi connectivity index (χ2v) is 7.09. The highest BCUT2D eigenvalue weighted by Gasteiger charge is 2.27. The minimum absolute atomic E-state index is 0.113. The quantitative estimate of drug-likeness (QED) is 0.518. The number of nitrogens with zero attached hydrogens (tertiary/aromatic N) is 4. The molecule has 3 rings (SSSR count). The van der Waals surface area contributed by atoms with Gasteiger partial charge in [0.2, 0.25) is 11.8 Å². The summed E-state index contributed by atoms with van der Waals surface area (Å²) >= 11 is 0. The lowest BCUT2D eigenvalue weighted by Gasteiger charge is -2.25. The summed E-state index contributed by atoms with van der Waals surface area (Å²) in [6.45, 7) is 2.38. The number of nitrogens with one attached hydrogen (secondary N) is 1. The molecule has 0 aromatic carbocycles. The minimum atomic E-state index is -0.494. The number of aryl methyl sites for hydroxylation is 1. The lowest BCUT2D eigenvalue weighted by molar-refractivity contribution is -0.385. The highest BCUT2D eigenvalue weighted by molar-refractivity contribution is 5.58. The molecule has 1 saturated carbocycles. The van der Waals surface area contributed by atoms with Crippen LogP contribution in [-0.4, -0.2) is 25.9 Å². The largest absolute Gasteiger partial charge is 0.378 e. The third kappa shape index (κ3) is 4.68. The lowest BCUT2D eigenvalue weighted by atomic mass is 9.83. The predicted molar refractivity (Wildman–Crippen MR) is 103 cm³/mol. The van der Waals surface area contributed by atoms with Crippen LogP contribution in [0.3, 0.4) is 0 Å². The fourth-order valence-electron chi connectivity index (χ4n) is 3.47. The molecule has 2 aromatic rings. The van der Waals surface area contributed by atoms with Crippen molar-refractivity contribution in [2.45, 2.75) is 51.6 Å². The Morgan fingerprint density at radius 3 is 2.67 bits per heavy atom. The molecule has 9 nitrogen and oxygen atoms in total. The number of anilines is 2. The van der Waals surface area contributed by atoms with Crippen LogP contribution >= 0.6 is 0 Å². The van der Waals surface area contributed by atoms with Gasteiger partial charge in [-0.15, -0.1) is 0 Å². The summed E-state index contributed by atoms with van der Waals surface area (Å²) < 4.78 is 0. The van der Waals surface area contributed by atoms with Crippen molar-refractivity contribution in [1.29, 1.82) is 0 Å². The molecule has 5 N–H and O–H groups in total. The Hall–Kier alpha value is -2.81. The maximum Gasteiger partial charge on any atom is 0.332 e. The molecule has 1 fully saturated rings. The van der Waals surface area contributed by atoms with Gasteiger partial charge in [0, 0.05) is 12.2 Å². The van der Waals surface area contributed by atoms with Gasteiger partial charge in [0.15, 0.2) is 0 Å². The van der Waals surface area contributed by atoms with E-state index in [1.54, 1.807) is 6.20 Å². The van der Waals surface area contributed by atoms with Crippen molar-refractivity contribution < 1.29 is 4.92 Å². The number of nitrogens with two attached hydrogens (primary N) is 2. The zero-order valence-electron chi connectivity index (χ0n) is 15.4. The van der Waals surface area contributed by atoms with Gasteiger partial charge in [-0.05, 0) is 56.6 Å². The van der Waals surface area contributed by atoms with Gasteiger partial charge in [-0.3, -0.25) is 15.1 Å². The van der Waals surface area contributed by atoms with E-state index in [0.717, 1.165) is 36.9 Å². The van der Waals surface area contributed by atoms with Crippen molar-refractivity contribution in [3.05, 3.63) is 45.4 Å². The summed E-state index contributed by atoms with van der Waals surface area (Å²) in [5.74, 6) is 0.493. The maximum absolute atomic E-state index is 11.5. The summed E-state index contributed by atoms with van der Waals surface area (Å²) in [5, 5.41) is 14.6. The summed E-state index contributed by atoms with van der Waals surface area (Å²) in [6.07, 6.45) is 5.98. The van der Waals surface area contributed by atoms with Crippen LogP contribution in [0.25, 0.3) is 0 Å². The third-order valence-electron chi connectivity index (χ3n) is 5.07. The van der Waals surface area contributed by atoms with E-state index in [9.17, 15) is 10.1 Å². The van der Waals surface area contributed by atoms with E-state index in [0.29, 0.717) is 24.6 Å². The second kappa shape index (κ2) is 8.26. The standard InChI is InChI=1S/C18H25N7O2/c1-11-3-2-8-21-15(11)10-22-18-23-14(16(25(26)27)17(20)24-18)9-12-4-6-13(19)7-5-12/h2-3,8,12-13H,4-7,9-10,19H2,1H3,(H3,20,22,23,24)/t12-,13-. The average Bonchev–Trinajstić information content (AvgIpc) is 2.62. The number of pyridine rings is 1. The van der Waals surface area contributed by atoms with Crippen molar-refractivity contribution in [3.63, 3.8) is 0 Å². The van der Waals surface area contributed by atoms with E-state index in [1.807, 2.05) is 19.1 Å². The van der Waals surface area contributed by atoms with Crippen molar-refractivity contribution in [3.8, 4) is 0 Å². The van der Waals surface area contributed by atoms with E-state index in [-0.39, 0.29) is 23.5 Å². The first-order valence-corrected chi connectivity index (χ1v) is 9.14. The summed E-state index contributed by atoms with van der Waals surface area (Å²) in [7, 11) is 0. The van der Waals surface area contributed by atoms with E-state index >= 15 is 0 Å². The number of hydrogen-bond donors (Lipinski definition) is 3. The zero-order valence-corrected chi connectivity index (χ0v) is 15.4. The molecule has 1 aliphatic carbocycles. The highest BCUT2D eigenvalue weighted by Crippen LogP contribution is 2.31. The van der Waals surface area contributed by atoms with Gasteiger partial charge in [0.25, 0.3) is 0 Å². The smallest absolute Gasteiger partial charge is 0.332 e. The van der Waals surface area contributed by atoms with E-state index < -0.39 is 4.92 Å². The molecule has 2 heterocycles. The molecule has 0 bridgehead atoms. The van der Waals surface area contributed by atoms with E-state index in [1.165, 1.54) is 0 Å². The molecule has 0 unspecified atom stereocenters. The van der Waals surface area contributed by atoms with Crippen LogP contribution in [0.1, 0.15) is 42.6 Å². The topological polar surface area (TPSA) is 146 Å². The number of nitrogen functional groups attached to an aromatic ring is 1. The molecule has 27 heavy (non-hydrogen) atoms. The predicted octanol–water partition coefficient (Wildman–Crippen LogP) is 2.34. The van der Waals surface area contributed by atoms with Crippen LogP contribution in [0.2, 0.25) is 0 Å². The van der Waals surface area contributed by atoms with Crippen LogP contribution in [0.15, 0.2) is 18.3 Å². The molecule has 1 aliphatic rings. The summed E-state index contributed by atoms with van der Waals surface area (Å²) in [4.78, 5) is 23.8. The molecule has 9 heteroatoms. The normalized spacial score (nSPS) is 19.6. The number of nitro groups is 1. The first-order chi connectivity index (χ1) is 12.9. The van der Waals surface area contributed by atoms with Crippen LogP contribution < -0.4 is 16.8 Å². The Labute approximate surface area is 157 Å². The fraction of sp³-hybridized carbons (Fsp3) is 0.500. The van der Waals surface area contributed by atoms with Gasteiger partial charge < -0.3 is 16.8 Å². The van der Waals surface area contributed by atoms with Crippen molar-refractivity contribution in [2.24, 2.45) is 11.7 Å². The monoisotopic (exact) mass is 371 g/mol. The lowest BCUT2D eigenvalue weighted by Crippen LogP contribution is -2.27. The van der Waals surface area contributed by atoms with Gasteiger partial charge in [-0.1, -0.05) is 6.07 Å². The highest BCUT2D eigenvalue weighted by atomic mass is 16.6. The zero-order chi connectivity index (χ0) is 19.4. The Balaban J connectivity index is 1.80. The van der Waals surface area contributed by atoms with Crippen LogP contribution in [-0.2, 0) is 13.0 Å². The SMILES string of the molecule is Cc1cccnc1CNc1nc(N)c([N+](=O)[O-])c(C[C@H]2CC[C@H](N)CC2)n1. The van der Waals surface area contributed by atoms with Gasteiger partial charge in [0.1, 0.15) is 5.69 Å². The minimum Gasteiger partial charge on any atom is -0.378 e. The molecule has 0 radical (unpaired) electrons. The second-order valence-electron chi connectivity index (χ2n) is 7.09. The molecule has 144 valence electrons. The maximum atomic E-state index is 11.5. The molecule has 0 spiro atoms. The van der Waals surface area contributed by atoms with Crippen LogP contribution in [0.5, 0.6) is 0 Å². The molecule has 2 aromatic heterocycles. The van der Waals surface area contributed by atoms with E-state index in [2.05, 4.69) is 20.3 Å². The molecular weight excluding hydrogens is 346 g/mol. The third-order valence-corrected chi connectivity index (χ3v) is 5.07. The molecule has 0 aliphatic heterocycles. The van der Waals surface area contributed by atoms with Crippen molar-refractivity contribution >= 4 is 17.5 Å². The van der Waals surface area contributed by atoms with Gasteiger partial charge in [0.05, 0.1) is 17.2 Å². The van der Waals surface area contributed by atoms with E-state index in [4.69, 9.17) is 11.5 Å². The number of aromatic nitrogens is 3. The fourth-order valence-corrected chi connectivity index (χ4v) is 3.47. The summed E-state index contributed by atoms with van der Waals surface area (Å²) in [6, 6.07) is 4.06. The molecule has 0 amide bonds. The molecule has 0 saturated heterocycles. The van der Waals surface area contributed by atoms with Gasteiger partial charge >= 0.3 is 5.69 Å². The first kappa shape index (κ1) is 19.0. The van der Waals surface area contributed by atoms with Crippen LogP contribution in [0.4, 0.5) is 17.5 Å². The molecular formula is C18H25N7O2. The van der Waals surface area contributed by atoms with Gasteiger partial charge in [-0.2, -0.15) is 4.98 Å². The summed E-state index contributed by atoms with van der Waals surface area (Å²) in [5.41, 5.74) is 13.9. The Kier molecular flexibility index (Phi) is 5.80. The number of hydrogen-bond acceptors (Lipinski definition) is 8. The Bertz CT molecular complexity index is 819. The van der Waals surface area contributed by atoms with Gasteiger partial charge in [-0.25, -0.2) is 4.98 Å². The van der Waals surface area contributed by atoms with Crippen LogP contribution in [0, 0.1) is 23.0 Å². The molecule has 0 atom stereocenters. The van der Waals surface area contributed by atoms with Crippen molar-refractivity contribution in [2.75, 3.05) is 11.1 Å². The Morgan fingerprint density at radius 1 is 1.26 bits per heavy atom. The Morgan fingerprint density at radius 2 is 2.00 bits per heavy atom. The van der Waals surface area contributed by atoms with Crippen molar-refractivity contribution in [1.82, 2.24) is 15.0 Å². The first-order valence-electron chi connectivity index (χ1n) is 9.14. The number of rotatable bonds is 6. The average molecular weight is 371 g/mol.